The molecule has 2 fully saturated rings. The highest BCUT2D eigenvalue weighted by Crippen LogP contribution is 2.33. The Morgan fingerprint density at radius 1 is 1.04 bits per heavy atom. The topological polar surface area (TPSA) is 87.5 Å². The van der Waals surface area contributed by atoms with Crippen LogP contribution in [0, 0.1) is 0 Å². The molecule has 6 nitrogen and oxygen atoms in total. The summed E-state index contributed by atoms with van der Waals surface area (Å²) in [4.78, 5) is 26.4. The molecule has 1 saturated heterocycles. The van der Waals surface area contributed by atoms with Crippen molar-refractivity contribution >= 4 is 23.2 Å². The summed E-state index contributed by atoms with van der Waals surface area (Å²) in [7, 11) is 0. The number of amides is 2. The highest BCUT2D eigenvalue weighted by molar-refractivity contribution is 6.00. The standard InChI is InChI=1S/C18H26N4O2/c19-18(8-9-18)17(24)21-15-7-5-6-14(12-15)20-16(23)13-22-10-3-1-2-4-11-22/h5-7,12H,1-4,8-11,13,19H2,(H,20,23)(H,21,24). The zero-order valence-corrected chi connectivity index (χ0v) is 14.0. The summed E-state index contributed by atoms with van der Waals surface area (Å²) in [6.07, 6.45) is 6.28. The summed E-state index contributed by atoms with van der Waals surface area (Å²) < 4.78 is 0. The minimum atomic E-state index is -0.702. The quantitative estimate of drug-likeness (QED) is 0.770. The van der Waals surface area contributed by atoms with E-state index in [4.69, 9.17) is 5.73 Å². The number of anilines is 2. The zero-order valence-electron chi connectivity index (χ0n) is 14.0. The van der Waals surface area contributed by atoms with Crippen LogP contribution in [0.25, 0.3) is 0 Å². The first-order valence-corrected chi connectivity index (χ1v) is 8.78. The molecule has 1 aromatic carbocycles. The molecule has 6 heteroatoms. The van der Waals surface area contributed by atoms with Crippen molar-refractivity contribution in [2.45, 2.75) is 44.1 Å². The molecule has 0 unspecified atom stereocenters. The fourth-order valence-corrected chi connectivity index (χ4v) is 2.99. The first kappa shape index (κ1) is 16.9. The van der Waals surface area contributed by atoms with Crippen molar-refractivity contribution in [3.8, 4) is 0 Å². The van der Waals surface area contributed by atoms with Crippen molar-refractivity contribution in [2.75, 3.05) is 30.3 Å². The maximum atomic E-state index is 12.2. The number of nitrogens with two attached hydrogens (primary N) is 1. The van der Waals surface area contributed by atoms with Crippen molar-refractivity contribution in [2.24, 2.45) is 5.73 Å². The van der Waals surface area contributed by atoms with Crippen LogP contribution in [0.5, 0.6) is 0 Å². The van der Waals surface area contributed by atoms with Crippen LogP contribution in [0.2, 0.25) is 0 Å². The third-order valence-corrected chi connectivity index (χ3v) is 4.71. The van der Waals surface area contributed by atoms with Gasteiger partial charge in [-0.05, 0) is 57.0 Å². The molecule has 1 aliphatic carbocycles. The maximum absolute atomic E-state index is 12.2. The minimum absolute atomic E-state index is 0.0159. The molecule has 4 N–H and O–H groups in total. The third kappa shape index (κ3) is 4.55. The number of hydrogen-bond donors (Lipinski definition) is 3. The minimum Gasteiger partial charge on any atom is -0.325 e. The van der Waals surface area contributed by atoms with E-state index in [0.717, 1.165) is 38.8 Å². The summed E-state index contributed by atoms with van der Waals surface area (Å²) in [5.41, 5.74) is 6.53. The predicted octanol–water partition coefficient (Wildman–Crippen LogP) is 1.93. The lowest BCUT2D eigenvalue weighted by atomic mass is 10.2. The van der Waals surface area contributed by atoms with Gasteiger partial charge in [0, 0.05) is 11.4 Å². The van der Waals surface area contributed by atoms with E-state index in [0.29, 0.717) is 17.9 Å². The fraction of sp³-hybridized carbons (Fsp3) is 0.556. The molecule has 0 atom stereocenters. The number of carbonyl (C=O) groups is 2. The van der Waals surface area contributed by atoms with E-state index in [9.17, 15) is 9.59 Å². The van der Waals surface area contributed by atoms with Crippen LogP contribution < -0.4 is 16.4 Å². The number of carbonyl (C=O) groups excluding carboxylic acids is 2. The molecule has 0 aromatic heterocycles. The van der Waals surface area contributed by atoms with Gasteiger partial charge in [-0.1, -0.05) is 18.9 Å². The molecule has 3 rings (SSSR count). The van der Waals surface area contributed by atoms with Crippen molar-refractivity contribution in [3.63, 3.8) is 0 Å². The van der Waals surface area contributed by atoms with E-state index < -0.39 is 5.54 Å². The lowest BCUT2D eigenvalue weighted by Crippen LogP contribution is -2.37. The Balaban J connectivity index is 1.53. The van der Waals surface area contributed by atoms with E-state index in [-0.39, 0.29) is 11.8 Å². The van der Waals surface area contributed by atoms with Crippen LogP contribution in [-0.2, 0) is 9.59 Å². The van der Waals surface area contributed by atoms with Crippen LogP contribution in [0.1, 0.15) is 38.5 Å². The molecule has 1 aromatic rings. The molecule has 0 radical (unpaired) electrons. The van der Waals surface area contributed by atoms with Crippen LogP contribution in [0.3, 0.4) is 0 Å². The molecule has 130 valence electrons. The molecule has 2 aliphatic rings. The van der Waals surface area contributed by atoms with Gasteiger partial charge in [0.15, 0.2) is 0 Å². The van der Waals surface area contributed by atoms with Crippen molar-refractivity contribution in [3.05, 3.63) is 24.3 Å². The Morgan fingerprint density at radius 2 is 1.67 bits per heavy atom. The first-order chi connectivity index (χ1) is 11.5. The largest absolute Gasteiger partial charge is 0.325 e. The lowest BCUT2D eigenvalue weighted by Gasteiger charge is -2.19. The van der Waals surface area contributed by atoms with Gasteiger partial charge >= 0.3 is 0 Å². The van der Waals surface area contributed by atoms with Gasteiger partial charge in [-0.15, -0.1) is 0 Å². The number of hydrogen-bond acceptors (Lipinski definition) is 4. The predicted molar refractivity (Wildman–Crippen MR) is 94.8 cm³/mol. The third-order valence-electron chi connectivity index (χ3n) is 4.71. The average Bonchev–Trinajstić information content (AvgIpc) is 3.33. The molecular weight excluding hydrogens is 304 g/mol. The number of rotatable bonds is 5. The van der Waals surface area contributed by atoms with Gasteiger partial charge < -0.3 is 16.4 Å². The summed E-state index contributed by atoms with van der Waals surface area (Å²) in [6.45, 7) is 2.40. The van der Waals surface area contributed by atoms with Gasteiger partial charge in [-0.3, -0.25) is 14.5 Å². The van der Waals surface area contributed by atoms with Crippen LogP contribution in [0.15, 0.2) is 24.3 Å². The number of likely N-dealkylation sites (tertiary alicyclic amines) is 1. The number of nitrogens with one attached hydrogen (secondary N) is 2. The molecule has 0 bridgehead atoms. The molecular formula is C18H26N4O2. The average molecular weight is 330 g/mol. The Morgan fingerprint density at radius 3 is 2.29 bits per heavy atom. The van der Waals surface area contributed by atoms with Crippen LogP contribution in [-0.4, -0.2) is 41.9 Å². The van der Waals surface area contributed by atoms with Gasteiger partial charge in [0.25, 0.3) is 0 Å². The van der Waals surface area contributed by atoms with E-state index >= 15 is 0 Å². The number of benzene rings is 1. The normalized spacial score (nSPS) is 20.0. The van der Waals surface area contributed by atoms with E-state index in [1.807, 2.05) is 12.1 Å². The number of nitrogens with zero attached hydrogens (tertiary/aromatic N) is 1. The highest BCUT2D eigenvalue weighted by Gasteiger charge is 2.45. The molecule has 1 aliphatic heterocycles. The Labute approximate surface area is 142 Å². The van der Waals surface area contributed by atoms with Crippen LogP contribution >= 0.6 is 0 Å². The fourth-order valence-electron chi connectivity index (χ4n) is 2.99. The van der Waals surface area contributed by atoms with Gasteiger partial charge in [-0.2, -0.15) is 0 Å². The zero-order chi connectivity index (χ0) is 17.0. The Bertz CT molecular complexity index is 605. The second-order valence-electron chi connectivity index (χ2n) is 6.93. The van der Waals surface area contributed by atoms with Crippen molar-refractivity contribution in [1.29, 1.82) is 0 Å². The SMILES string of the molecule is NC1(C(=O)Nc2cccc(NC(=O)CN3CCCCCC3)c2)CC1. The monoisotopic (exact) mass is 330 g/mol. The lowest BCUT2D eigenvalue weighted by molar-refractivity contribution is -0.118. The summed E-state index contributed by atoms with van der Waals surface area (Å²) in [5, 5.41) is 5.74. The molecule has 24 heavy (non-hydrogen) atoms. The van der Waals surface area contributed by atoms with Crippen molar-refractivity contribution in [1.82, 2.24) is 4.90 Å². The molecule has 0 spiro atoms. The molecule has 2 amide bonds. The van der Waals surface area contributed by atoms with E-state index in [1.54, 1.807) is 12.1 Å². The second-order valence-corrected chi connectivity index (χ2v) is 6.93. The van der Waals surface area contributed by atoms with Gasteiger partial charge in [-0.25, -0.2) is 0 Å². The van der Waals surface area contributed by atoms with Gasteiger partial charge in [0.1, 0.15) is 0 Å². The Hall–Kier alpha value is -1.92. The maximum Gasteiger partial charge on any atom is 0.244 e. The van der Waals surface area contributed by atoms with Gasteiger partial charge in [0.05, 0.1) is 12.1 Å². The molecule has 1 saturated carbocycles. The highest BCUT2D eigenvalue weighted by atomic mass is 16.2. The Kier molecular flexibility index (Phi) is 5.16. The smallest absolute Gasteiger partial charge is 0.244 e. The summed E-state index contributed by atoms with van der Waals surface area (Å²) in [6, 6.07) is 7.20. The summed E-state index contributed by atoms with van der Waals surface area (Å²) in [5.74, 6) is -0.173. The molecule has 1 heterocycles. The second kappa shape index (κ2) is 7.32. The van der Waals surface area contributed by atoms with Crippen LogP contribution in [0.4, 0.5) is 11.4 Å². The van der Waals surface area contributed by atoms with E-state index in [1.165, 1.54) is 12.8 Å². The van der Waals surface area contributed by atoms with Gasteiger partial charge in [0.2, 0.25) is 11.8 Å². The first-order valence-electron chi connectivity index (χ1n) is 8.78. The summed E-state index contributed by atoms with van der Waals surface area (Å²) >= 11 is 0. The van der Waals surface area contributed by atoms with E-state index in [2.05, 4.69) is 15.5 Å². The van der Waals surface area contributed by atoms with Crippen molar-refractivity contribution < 1.29 is 9.59 Å².